The highest BCUT2D eigenvalue weighted by Gasteiger charge is 2.25. The number of halogens is 5. The van der Waals surface area contributed by atoms with Crippen molar-refractivity contribution in [1.29, 1.82) is 0 Å². The van der Waals surface area contributed by atoms with Gasteiger partial charge in [-0.3, -0.25) is 0 Å². The number of aryl methyl sites for hydroxylation is 1. The molecule has 2 atom stereocenters. The number of ether oxygens (including phenoxy) is 2. The van der Waals surface area contributed by atoms with Crippen molar-refractivity contribution in [3.63, 3.8) is 0 Å². The van der Waals surface area contributed by atoms with Crippen LogP contribution in [0.4, 0.5) is 22.0 Å². The molecule has 3 aromatic carbocycles. The van der Waals surface area contributed by atoms with E-state index >= 15 is 0 Å². The third-order valence-corrected chi connectivity index (χ3v) is 6.73. The van der Waals surface area contributed by atoms with E-state index in [4.69, 9.17) is 9.47 Å². The lowest BCUT2D eigenvalue weighted by atomic mass is 9.89. The predicted octanol–water partition coefficient (Wildman–Crippen LogP) is 8.58. The molecule has 7 heteroatoms. The van der Waals surface area contributed by atoms with Crippen molar-refractivity contribution < 1.29 is 31.4 Å². The second kappa shape index (κ2) is 11.9. The zero-order valence-corrected chi connectivity index (χ0v) is 20.8. The summed E-state index contributed by atoms with van der Waals surface area (Å²) in [6, 6.07) is 10.1. The van der Waals surface area contributed by atoms with Crippen LogP contribution in [-0.4, -0.2) is 13.2 Å². The number of benzene rings is 3. The average Bonchev–Trinajstić information content (AvgIpc) is 2.90. The van der Waals surface area contributed by atoms with Crippen LogP contribution in [0.3, 0.4) is 0 Å². The minimum atomic E-state index is -1.29. The quantitative estimate of drug-likeness (QED) is 0.279. The van der Waals surface area contributed by atoms with E-state index in [1.807, 2.05) is 13.0 Å². The minimum absolute atomic E-state index is 0.141. The summed E-state index contributed by atoms with van der Waals surface area (Å²) in [6.07, 6.45) is 5.63. The number of rotatable bonds is 8. The molecular formula is C30H29F5O2. The topological polar surface area (TPSA) is 18.5 Å². The molecule has 2 unspecified atom stereocenters. The molecular weight excluding hydrogens is 487 g/mol. The summed E-state index contributed by atoms with van der Waals surface area (Å²) < 4.78 is 83.7. The van der Waals surface area contributed by atoms with Gasteiger partial charge in [0.1, 0.15) is 5.82 Å². The second-order valence-corrected chi connectivity index (χ2v) is 9.16. The monoisotopic (exact) mass is 516 g/mol. The van der Waals surface area contributed by atoms with Gasteiger partial charge in [0, 0.05) is 16.7 Å². The Hall–Kier alpha value is -3.19. The third kappa shape index (κ3) is 5.87. The van der Waals surface area contributed by atoms with Crippen molar-refractivity contribution >= 4 is 6.08 Å². The molecule has 0 spiro atoms. The summed E-state index contributed by atoms with van der Waals surface area (Å²) in [5, 5.41) is 0. The highest BCUT2D eigenvalue weighted by Crippen LogP contribution is 2.35. The Morgan fingerprint density at radius 3 is 2.27 bits per heavy atom. The fourth-order valence-electron chi connectivity index (χ4n) is 4.71. The fourth-order valence-corrected chi connectivity index (χ4v) is 4.71. The van der Waals surface area contributed by atoms with Crippen LogP contribution in [0.2, 0.25) is 0 Å². The van der Waals surface area contributed by atoms with Crippen LogP contribution in [0.25, 0.3) is 17.2 Å². The molecule has 0 bridgehead atoms. The zero-order valence-electron chi connectivity index (χ0n) is 20.8. The number of hydrogen-bond donors (Lipinski definition) is 0. The lowest BCUT2D eigenvalue weighted by Crippen LogP contribution is -2.21. The lowest BCUT2D eigenvalue weighted by Gasteiger charge is -2.29. The van der Waals surface area contributed by atoms with Crippen molar-refractivity contribution in [2.45, 2.75) is 45.6 Å². The molecule has 1 heterocycles. The van der Waals surface area contributed by atoms with Crippen molar-refractivity contribution in [3.05, 3.63) is 94.3 Å². The lowest BCUT2D eigenvalue weighted by molar-refractivity contribution is -0.0194. The van der Waals surface area contributed by atoms with Crippen LogP contribution < -0.4 is 4.74 Å². The summed E-state index contributed by atoms with van der Waals surface area (Å²) in [6.45, 7) is 4.03. The van der Waals surface area contributed by atoms with Crippen LogP contribution in [-0.2, 0) is 11.2 Å². The van der Waals surface area contributed by atoms with Crippen LogP contribution in [0.15, 0.2) is 48.5 Å². The Bertz CT molecular complexity index is 1280. The number of hydrogen-bond acceptors (Lipinski definition) is 2. The van der Waals surface area contributed by atoms with Crippen LogP contribution in [0.5, 0.6) is 5.75 Å². The van der Waals surface area contributed by atoms with Crippen LogP contribution in [0.1, 0.15) is 55.9 Å². The van der Waals surface area contributed by atoms with Gasteiger partial charge in [0.2, 0.25) is 5.82 Å². The Labute approximate surface area is 213 Å². The molecule has 1 saturated heterocycles. The molecule has 37 heavy (non-hydrogen) atoms. The molecule has 0 amide bonds. The predicted molar refractivity (Wildman–Crippen MR) is 134 cm³/mol. The summed E-state index contributed by atoms with van der Waals surface area (Å²) in [5.74, 6) is -5.26. The maximum Gasteiger partial charge on any atom is 0.201 e. The molecule has 1 aliphatic heterocycles. The van der Waals surface area contributed by atoms with E-state index in [1.165, 1.54) is 30.3 Å². The van der Waals surface area contributed by atoms with Crippen LogP contribution in [0, 0.1) is 35.0 Å². The summed E-state index contributed by atoms with van der Waals surface area (Å²) in [4.78, 5) is 0. The van der Waals surface area contributed by atoms with Gasteiger partial charge >= 0.3 is 0 Å². The van der Waals surface area contributed by atoms with Crippen molar-refractivity contribution in [2.75, 3.05) is 13.2 Å². The molecule has 2 nitrogen and oxygen atoms in total. The molecule has 3 aromatic rings. The molecule has 196 valence electrons. The molecule has 0 saturated carbocycles. The first-order valence-electron chi connectivity index (χ1n) is 12.5. The second-order valence-electron chi connectivity index (χ2n) is 9.16. The normalized spacial score (nSPS) is 17.9. The molecule has 1 fully saturated rings. The van der Waals surface area contributed by atoms with E-state index < -0.39 is 23.3 Å². The average molecular weight is 517 g/mol. The van der Waals surface area contributed by atoms with Gasteiger partial charge in [-0.25, -0.2) is 17.6 Å². The maximum absolute atomic E-state index is 14.9. The molecule has 4 rings (SSSR count). The molecule has 0 aliphatic carbocycles. The first-order chi connectivity index (χ1) is 17.8. The summed E-state index contributed by atoms with van der Waals surface area (Å²) in [7, 11) is 0. The van der Waals surface area contributed by atoms with Gasteiger partial charge < -0.3 is 9.47 Å². The minimum Gasteiger partial charge on any atom is -0.491 e. The van der Waals surface area contributed by atoms with Gasteiger partial charge in [-0.15, -0.1) is 0 Å². The zero-order chi connectivity index (χ0) is 26.5. The highest BCUT2D eigenvalue weighted by atomic mass is 19.2. The maximum atomic E-state index is 14.9. The standard InChI is InChI=1S/C30H29F5O2/c1-3-5-19-9-10-21(16-24(19)31)25-14-7-18(17-37-25)6-8-20-11-12-22(28(33)27(20)32)23-13-15-26(36-4-2)30(35)29(23)34/h3,5,9-13,15-16,18,25H,4,6-8,14,17H2,1-2H3/b5-3+. The molecule has 0 N–H and O–H groups in total. The van der Waals surface area contributed by atoms with Crippen molar-refractivity contribution in [1.82, 2.24) is 0 Å². The van der Waals surface area contributed by atoms with Gasteiger partial charge in [0.05, 0.1) is 19.3 Å². The summed E-state index contributed by atoms with van der Waals surface area (Å²) in [5.41, 5.74) is 0.751. The first-order valence-corrected chi connectivity index (χ1v) is 12.5. The SMILES string of the molecule is C/C=C/c1ccc(C2CCC(CCc3ccc(-c4ccc(OCC)c(F)c4F)c(F)c3F)CO2)cc1F. The highest BCUT2D eigenvalue weighted by molar-refractivity contribution is 5.66. The Morgan fingerprint density at radius 1 is 0.892 bits per heavy atom. The molecule has 0 aromatic heterocycles. The van der Waals surface area contributed by atoms with E-state index in [-0.39, 0.29) is 53.3 Å². The van der Waals surface area contributed by atoms with Crippen LogP contribution >= 0.6 is 0 Å². The third-order valence-electron chi connectivity index (χ3n) is 6.73. The smallest absolute Gasteiger partial charge is 0.201 e. The molecule has 1 aliphatic rings. The summed E-state index contributed by atoms with van der Waals surface area (Å²) >= 11 is 0. The van der Waals surface area contributed by atoms with E-state index in [0.29, 0.717) is 25.0 Å². The van der Waals surface area contributed by atoms with Gasteiger partial charge in [-0.05, 0) is 74.8 Å². The Balaban J connectivity index is 1.39. The van der Waals surface area contributed by atoms with Gasteiger partial charge in [0.25, 0.3) is 0 Å². The Morgan fingerprint density at radius 2 is 1.62 bits per heavy atom. The first kappa shape index (κ1) is 26.9. The van der Waals surface area contributed by atoms with Crippen molar-refractivity contribution in [2.24, 2.45) is 5.92 Å². The van der Waals surface area contributed by atoms with E-state index in [2.05, 4.69) is 0 Å². The Kier molecular flexibility index (Phi) is 8.64. The number of allylic oxidation sites excluding steroid dienone is 1. The van der Waals surface area contributed by atoms with E-state index in [1.54, 1.807) is 25.1 Å². The molecule has 0 radical (unpaired) electrons. The van der Waals surface area contributed by atoms with Crippen molar-refractivity contribution in [3.8, 4) is 16.9 Å². The largest absolute Gasteiger partial charge is 0.491 e. The van der Waals surface area contributed by atoms with E-state index in [9.17, 15) is 22.0 Å². The fraction of sp³-hybridized carbons (Fsp3) is 0.333. The van der Waals surface area contributed by atoms with E-state index in [0.717, 1.165) is 12.0 Å². The van der Waals surface area contributed by atoms with Gasteiger partial charge in [-0.1, -0.05) is 36.4 Å². The van der Waals surface area contributed by atoms with Gasteiger partial charge in [0.15, 0.2) is 23.2 Å². The van der Waals surface area contributed by atoms with Gasteiger partial charge in [-0.2, -0.15) is 4.39 Å².